The molecule has 1 saturated carbocycles. The lowest BCUT2D eigenvalue weighted by Gasteiger charge is -2.30. The molecule has 4 rings (SSSR count). The number of carbonyl (C=O) groups is 6. The van der Waals surface area contributed by atoms with Crippen molar-refractivity contribution in [3.05, 3.63) is 71.2 Å². The van der Waals surface area contributed by atoms with Crippen molar-refractivity contribution < 1.29 is 37.9 Å². The first-order valence-corrected chi connectivity index (χ1v) is 16.0. The van der Waals surface area contributed by atoms with Crippen LogP contribution in [-0.4, -0.2) is 82.2 Å². The van der Waals surface area contributed by atoms with Gasteiger partial charge in [0.05, 0.1) is 19.1 Å². The number of ketones is 1. The number of fused-ring (bicyclic) bond motifs is 1. The van der Waals surface area contributed by atoms with Gasteiger partial charge in [-0.3, -0.25) is 24.1 Å². The summed E-state index contributed by atoms with van der Waals surface area (Å²) in [5, 5.41) is 10.3. The second kappa shape index (κ2) is 15.3. The van der Waals surface area contributed by atoms with Crippen molar-refractivity contribution in [3.8, 4) is 0 Å². The van der Waals surface area contributed by atoms with Gasteiger partial charge in [-0.25, -0.2) is 14.0 Å². The van der Waals surface area contributed by atoms with Gasteiger partial charge in [-0.1, -0.05) is 44.7 Å². The number of Topliss-reactive ketones (excluding diaryl/α,β-unsaturated/α-hetero) is 1. The molecule has 0 aromatic heterocycles. The van der Waals surface area contributed by atoms with E-state index in [-0.39, 0.29) is 43.2 Å². The average molecular weight is 667 g/mol. The minimum absolute atomic E-state index is 0.0193. The predicted octanol–water partition coefficient (Wildman–Crippen LogP) is 2.71. The van der Waals surface area contributed by atoms with E-state index in [4.69, 9.17) is 4.74 Å². The second-order valence-electron chi connectivity index (χ2n) is 12.4. The number of likely N-dealkylation sites (tertiary alicyclic amines) is 1. The fourth-order valence-corrected chi connectivity index (χ4v) is 5.78. The number of benzene rings is 1. The van der Waals surface area contributed by atoms with Crippen LogP contribution in [-0.2, 0) is 37.0 Å². The van der Waals surface area contributed by atoms with Crippen LogP contribution in [0.15, 0.2) is 54.3 Å². The number of amides is 6. The molecule has 258 valence electrons. The van der Waals surface area contributed by atoms with Crippen LogP contribution in [0.25, 0.3) is 0 Å². The van der Waals surface area contributed by atoms with Crippen molar-refractivity contribution in [2.75, 3.05) is 6.54 Å². The molecule has 48 heavy (non-hydrogen) atoms. The lowest BCUT2D eigenvalue weighted by Crippen LogP contribution is -2.57. The lowest BCUT2D eigenvalue weighted by atomic mass is 10.0. The van der Waals surface area contributed by atoms with Gasteiger partial charge >= 0.3 is 12.1 Å². The minimum atomic E-state index is -1.37. The van der Waals surface area contributed by atoms with E-state index in [1.54, 1.807) is 39.0 Å². The van der Waals surface area contributed by atoms with E-state index in [2.05, 4.69) is 34.4 Å². The van der Waals surface area contributed by atoms with Gasteiger partial charge in [-0.2, -0.15) is 0 Å². The van der Waals surface area contributed by atoms with Crippen LogP contribution in [0.1, 0.15) is 64.5 Å². The predicted molar refractivity (Wildman–Crippen MR) is 173 cm³/mol. The number of nitrogens with one attached hydrogen (secondary N) is 4. The van der Waals surface area contributed by atoms with E-state index in [0.717, 1.165) is 17.7 Å². The van der Waals surface area contributed by atoms with Crippen molar-refractivity contribution in [2.45, 2.75) is 96.7 Å². The van der Waals surface area contributed by atoms with Crippen molar-refractivity contribution in [1.82, 2.24) is 31.1 Å². The van der Waals surface area contributed by atoms with Gasteiger partial charge in [0.2, 0.25) is 11.7 Å². The highest BCUT2D eigenvalue weighted by Gasteiger charge is 2.48. The van der Waals surface area contributed by atoms with E-state index in [0.29, 0.717) is 23.2 Å². The molecule has 2 fully saturated rings. The van der Waals surface area contributed by atoms with E-state index < -0.39 is 65.7 Å². The van der Waals surface area contributed by atoms with Gasteiger partial charge in [-0.15, -0.1) is 0 Å². The Morgan fingerprint density at radius 2 is 1.79 bits per heavy atom. The Morgan fingerprint density at radius 3 is 2.38 bits per heavy atom. The number of hydrogen-bond acceptors (Lipinski definition) is 7. The van der Waals surface area contributed by atoms with Crippen molar-refractivity contribution in [2.24, 2.45) is 0 Å². The van der Waals surface area contributed by atoms with Crippen LogP contribution in [0.2, 0.25) is 0 Å². The molecule has 1 saturated heterocycles. The van der Waals surface area contributed by atoms with Crippen LogP contribution in [0.3, 0.4) is 0 Å². The van der Waals surface area contributed by atoms with Gasteiger partial charge in [0.25, 0.3) is 11.8 Å². The molecule has 2 heterocycles. The molecule has 0 radical (unpaired) electrons. The van der Waals surface area contributed by atoms with Gasteiger partial charge in [-0.05, 0) is 62.8 Å². The number of urea groups is 1. The smallest absolute Gasteiger partial charge is 0.411 e. The maximum absolute atomic E-state index is 14.4. The van der Waals surface area contributed by atoms with E-state index in [1.165, 1.54) is 17.9 Å². The van der Waals surface area contributed by atoms with Crippen LogP contribution < -0.4 is 21.3 Å². The zero-order valence-electron chi connectivity index (χ0n) is 27.7. The quantitative estimate of drug-likeness (QED) is 0.197. The van der Waals surface area contributed by atoms with E-state index >= 15 is 0 Å². The summed E-state index contributed by atoms with van der Waals surface area (Å²) in [6, 6.07) is -0.0558. The molecular formula is C34H43FN6O7. The highest BCUT2D eigenvalue weighted by Crippen LogP contribution is 2.31. The standard InChI is InChI=1S/C34H43FN6O7/c1-7-10-25(29(42)31(44)37-21-13-14-21)38-30(43)28-22(8-2)26(48-34(47)40-15-20-11-9-12-24(35)23(20)16-40)17-41(28)32(45)27(18(3)4)39-33(46)36-19(5)6/h8-9,11-12,21,25-28H,3,5,7,10,13-17H2,1-2,4,6H3,(H,37,44)(H,38,43)(H2,36,39,46)/b22-8-/t25-,26-,27-,28-/m0/s1. The van der Waals surface area contributed by atoms with Crippen LogP contribution in [0.5, 0.6) is 0 Å². The molecule has 4 N–H and O–H groups in total. The summed E-state index contributed by atoms with van der Waals surface area (Å²) in [5.41, 5.74) is 1.84. The zero-order chi connectivity index (χ0) is 35.3. The van der Waals surface area contributed by atoms with Gasteiger partial charge < -0.3 is 30.9 Å². The highest BCUT2D eigenvalue weighted by atomic mass is 19.1. The third-order valence-electron chi connectivity index (χ3n) is 8.34. The van der Waals surface area contributed by atoms with Gasteiger partial charge in [0, 0.05) is 23.8 Å². The Balaban J connectivity index is 1.61. The maximum atomic E-state index is 14.4. The summed E-state index contributed by atoms with van der Waals surface area (Å²) in [4.78, 5) is 82.3. The van der Waals surface area contributed by atoms with E-state index in [9.17, 15) is 33.2 Å². The summed E-state index contributed by atoms with van der Waals surface area (Å²) in [6.07, 6.45) is 1.83. The average Bonchev–Trinajstić information content (AvgIpc) is 3.59. The molecule has 1 aliphatic carbocycles. The van der Waals surface area contributed by atoms with Crippen LogP contribution >= 0.6 is 0 Å². The molecule has 2 aliphatic heterocycles. The summed E-state index contributed by atoms with van der Waals surface area (Å²) in [6.45, 7) is 13.8. The lowest BCUT2D eigenvalue weighted by molar-refractivity contribution is -0.142. The number of ether oxygens (including phenoxy) is 1. The first kappa shape index (κ1) is 35.8. The van der Waals surface area contributed by atoms with Gasteiger partial charge in [0.1, 0.15) is 24.0 Å². The normalized spacial score (nSPS) is 20.3. The Labute approximate surface area is 279 Å². The second-order valence-corrected chi connectivity index (χ2v) is 12.4. The Morgan fingerprint density at radius 1 is 1.08 bits per heavy atom. The third kappa shape index (κ3) is 8.28. The molecule has 13 nitrogen and oxygen atoms in total. The highest BCUT2D eigenvalue weighted by molar-refractivity contribution is 6.38. The summed E-state index contributed by atoms with van der Waals surface area (Å²) < 4.78 is 20.2. The van der Waals surface area contributed by atoms with Crippen molar-refractivity contribution in [1.29, 1.82) is 0 Å². The molecule has 0 unspecified atom stereocenters. The van der Waals surface area contributed by atoms with Crippen LogP contribution in [0.4, 0.5) is 14.0 Å². The number of rotatable bonds is 12. The molecular weight excluding hydrogens is 623 g/mol. The summed E-state index contributed by atoms with van der Waals surface area (Å²) in [5.74, 6) is -3.55. The topological polar surface area (TPSA) is 166 Å². The van der Waals surface area contributed by atoms with Gasteiger partial charge in [0.15, 0.2) is 0 Å². The maximum Gasteiger partial charge on any atom is 0.411 e. The van der Waals surface area contributed by atoms with Crippen molar-refractivity contribution in [3.63, 3.8) is 0 Å². The Hall–Kier alpha value is -5.01. The molecule has 6 amide bonds. The largest absolute Gasteiger partial charge is 0.440 e. The monoisotopic (exact) mass is 666 g/mol. The zero-order valence-corrected chi connectivity index (χ0v) is 27.7. The number of carbonyl (C=O) groups excluding carboxylic acids is 6. The first-order chi connectivity index (χ1) is 22.7. The molecule has 1 aromatic carbocycles. The fourth-order valence-electron chi connectivity index (χ4n) is 5.78. The summed E-state index contributed by atoms with van der Waals surface area (Å²) >= 11 is 0. The summed E-state index contributed by atoms with van der Waals surface area (Å²) in [7, 11) is 0. The molecule has 1 aromatic rings. The first-order valence-electron chi connectivity index (χ1n) is 16.0. The molecule has 0 bridgehead atoms. The fraction of sp³-hybridized carbons (Fsp3) is 0.471. The minimum Gasteiger partial charge on any atom is -0.440 e. The number of hydrogen-bond donors (Lipinski definition) is 4. The molecule has 4 atom stereocenters. The Kier molecular flexibility index (Phi) is 11.4. The number of allylic oxidation sites excluding steroid dienone is 2. The Bertz CT molecular complexity index is 1550. The number of halogens is 1. The number of nitrogens with zero attached hydrogens (tertiary/aromatic N) is 2. The van der Waals surface area contributed by atoms with E-state index in [1.807, 2.05) is 0 Å². The SMILES string of the molecule is C=C(C)NC(=O)N[C@@H](C(=C)C)C(=O)N1C[C@H](OC(=O)N2Cc3cccc(F)c3C2)/C(=C/C)[C@H]1C(=O)N[C@@H](CCC)C(=O)C(=O)NC1CC1. The molecule has 0 spiro atoms. The van der Waals surface area contributed by atoms with Crippen molar-refractivity contribution >= 4 is 35.6 Å². The molecule has 3 aliphatic rings. The third-order valence-corrected chi connectivity index (χ3v) is 8.34. The molecule has 14 heteroatoms. The van der Waals surface area contributed by atoms with Crippen LogP contribution in [0, 0.1) is 5.82 Å².